The van der Waals surface area contributed by atoms with Gasteiger partial charge in [-0.15, -0.1) is 0 Å². The number of aromatic amines is 1. The summed E-state index contributed by atoms with van der Waals surface area (Å²) in [5.74, 6) is -0.610. The number of ether oxygens (including phenoxy) is 2. The highest BCUT2D eigenvalue weighted by atomic mass is 127. The number of nitrogens with one attached hydrogen (secondary N) is 3. The summed E-state index contributed by atoms with van der Waals surface area (Å²) in [6.45, 7) is 8.49. The van der Waals surface area contributed by atoms with Crippen LogP contribution >= 0.6 is 34.2 Å². The van der Waals surface area contributed by atoms with Gasteiger partial charge in [0.2, 0.25) is 5.91 Å². The van der Waals surface area contributed by atoms with Crippen LogP contribution in [0.25, 0.3) is 11.3 Å². The molecule has 238 valence electrons. The van der Waals surface area contributed by atoms with Crippen molar-refractivity contribution < 1.29 is 28.6 Å². The summed E-state index contributed by atoms with van der Waals surface area (Å²) in [6, 6.07) is 18.7. The number of nitrogens with zero attached hydrogens (tertiary/aromatic N) is 1. The number of H-pyrrole nitrogens is 1. The van der Waals surface area contributed by atoms with Crippen LogP contribution in [0.4, 0.5) is 9.18 Å². The van der Waals surface area contributed by atoms with Crippen LogP contribution in [0, 0.1) is 9.39 Å². The molecule has 3 atom stereocenters. The molecule has 0 saturated carbocycles. The van der Waals surface area contributed by atoms with E-state index < -0.39 is 29.9 Å². The second-order valence-electron chi connectivity index (χ2n) is 11.4. The second-order valence-corrected chi connectivity index (χ2v) is 13.0. The standard InChI is InChI=1S/C33H35ClFIN4O5/c1-19(20-8-6-5-7-9-20)26(30-37-28(29(34)40-30)24-15-12-22(36)18-25(24)35)38-31(41)27(39-32(42)43)21-10-13-23(14-11-21)44-16-17-45-33(2,3)4/h5-15,18-19,26-27,39H,16-17H2,1-4H3,(H,37,40)(H,38,41)(H,42,43)/t19-,26-,27+/m0/s1. The average molecular weight is 749 g/mol. The maximum Gasteiger partial charge on any atom is 0.405 e. The van der Waals surface area contributed by atoms with Crippen molar-refractivity contribution >= 4 is 46.2 Å². The van der Waals surface area contributed by atoms with Crippen molar-refractivity contribution in [3.05, 3.63) is 104 Å². The molecule has 3 aromatic carbocycles. The molecule has 0 saturated heterocycles. The fourth-order valence-electron chi connectivity index (χ4n) is 4.69. The number of benzene rings is 3. The van der Waals surface area contributed by atoms with E-state index >= 15 is 0 Å². The number of hydrogen-bond donors (Lipinski definition) is 4. The van der Waals surface area contributed by atoms with Crippen molar-refractivity contribution in [2.75, 3.05) is 13.2 Å². The predicted octanol–water partition coefficient (Wildman–Crippen LogP) is 7.64. The monoisotopic (exact) mass is 748 g/mol. The molecule has 0 unspecified atom stereocenters. The summed E-state index contributed by atoms with van der Waals surface area (Å²) in [4.78, 5) is 33.2. The average Bonchev–Trinajstić information content (AvgIpc) is 3.37. The van der Waals surface area contributed by atoms with E-state index in [0.717, 1.165) is 9.13 Å². The molecular formula is C33H35ClFIN4O5. The molecule has 1 aromatic heterocycles. The maximum absolute atomic E-state index is 14.9. The van der Waals surface area contributed by atoms with Gasteiger partial charge in [0.05, 0.1) is 23.9 Å². The molecule has 4 N–H and O–H groups in total. The minimum absolute atomic E-state index is 0.0355. The first-order valence-electron chi connectivity index (χ1n) is 14.2. The van der Waals surface area contributed by atoms with E-state index in [9.17, 15) is 19.1 Å². The van der Waals surface area contributed by atoms with Crippen molar-refractivity contribution in [1.29, 1.82) is 0 Å². The number of hydrogen-bond acceptors (Lipinski definition) is 5. The minimum atomic E-state index is -1.38. The zero-order valence-electron chi connectivity index (χ0n) is 25.2. The van der Waals surface area contributed by atoms with Gasteiger partial charge in [0.1, 0.15) is 30.0 Å². The Kier molecular flexibility index (Phi) is 11.5. The fourth-order valence-corrected chi connectivity index (χ4v) is 5.38. The first kappa shape index (κ1) is 34.2. The van der Waals surface area contributed by atoms with Crippen molar-refractivity contribution in [3.8, 4) is 17.0 Å². The molecule has 0 aliphatic heterocycles. The summed E-state index contributed by atoms with van der Waals surface area (Å²) < 4.78 is 27.0. The number of rotatable bonds is 12. The van der Waals surface area contributed by atoms with E-state index in [0.29, 0.717) is 24.5 Å². The van der Waals surface area contributed by atoms with E-state index in [1.165, 1.54) is 6.07 Å². The highest BCUT2D eigenvalue weighted by molar-refractivity contribution is 14.1. The number of carbonyl (C=O) groups is 2. The first-order chi connectivity index (χ1) is 21.3. The Morgan fingerprint density at radius 2 is 1.71 bits per heavy atom. The van der Waals surface area contributed by atoms with E-state index in [-0.39, 0.29) is 33.8 Å². The van der Waals surface area contributed by atoms with E-state index in [2.05, 4.69) is 20.6 Å². The topological polar surface area (TPSA) is 126 Å². The third-order valence-electron chi connectivity index (χ3n) is 6.93. The van der Waals surface area contributed by atoms with Gasteiger partial charge in [0.25, 0.3) is 0 Å². The van der Waals surface area contributed by atoms with Crippen molar-refractivity contribution in [2.45, 2.75) is 51.3 Å². The van der Waals surface area contributed by atoms with E-state index in [4.69, 9.17) is 21.1 Å². The van der Waals surface area contributed by atoms with Crippen LogP contribution in [0.2, 0.25) is 5.15 Å². The van der Waals surface area contributed by atoms with Gasteiger partial charge in [-0.25, -0.2) is 14.2 Å². The van der Waals surface area contributed by atoms with Gasteiger partial charge in [-0.2, -0.15) is 0 Å². The Bertz CT molecular complexity index is 1610. The summed E-state index contributed by atoms with van der Waals surface area (Å²) in [6.07, 6.45) is -1.38. The molecule has 0 spiro atoms. The van der Waals surface area contributed by atoms with Gasteiger partial charge < -0.3 is 30.2 Å². The smallest absolute Gasteiger partial charge is 0.405 e. The summed E-state index contributed by atoms with van der Waals surface area (Å²) in [7, 11) is 0. The van der Waals surface area contributed by atoms with Crippen molar-refractivity contribution in [3.63, 3.8) is 0 Å². The Hall–Kier alpha value is -3.68. The maximum atomic E-state index is 14.9. The zero-order chi connectivity index (χ0) is 32.7. The molecule has 4 rings (SSSR count). The molecule has 0 aliphatic carbocycles. The van der Waals surface area contributed by atoms with Crippen LogP contribution in [0.5, 0.6) is 5.75 Å². The predicted molar refractivity (Wildman–Crippen MR) is 179 cm³/mol. The Labute approximate surface area is 280 Å². The van der Waals surface area contributed by atoms with Gasteiger partial charge in [-0.3, -0.25) is 4.79 Å². The van der Waals surface area contributed by atoms with Crippen LogP contribution in [0.1, 0.15) is 62.6 Å². The molecule has 0 bridgehead atoms. The molecule has 45 heavy (non-hydrogen) atoms. The number of carboxylic acid groups (broad SMARTS) is 1. The van der Waals surface area contributed by atoms with E-state index in [1.54, 1.807) is 36.4 Å². The first-order valence-corrected chi connectivity index (χ1v) is 15.7. The van der Waals surface area contributed by atoms with Gasteiger partial charge in [0.15, 0.2) is 5.15 Å². The normalized spacial score (nSPS) is 13.5. The van der Waals surface area contributed by atoms with Crippen LogP contribution in [0.15, 0.2) is 72.8 Å². The largest absolute Gasteiger partial charge is 0.491 e. The van der Waals surface area contributed by atoms with Crippen LogP contribution < -0.4 is 15.4 Å². The SMILES string of the molecule is C[C@@H](c1ccccc1)[C@H](NC(=O)[C@H](NC(=O)O)c1ccc(OCCOC(C)(C)C)cc1)c1nc(Cl)c(-c2ccc(I)cc2F)[nH]1. The van der Waals surface area contributed by atoms with Crippen molar-refractivity contribution in [1.82, 2.24) is 20.6 Å². The fraction of sp³-hybridized carbons (Fsp3) is 0.303. The van der Waals surface area contributed by atoms with Gasteiger partial charge in [-0.1, -0.05) is 61.0 Å². The van der Waals surface area contributed by atoms with Crippen LogP contribution in [0.3, 0.4) is 0 Å². The summed E-state index contributed by atoms with van der Waals surface area (Å²) in [5.41, 5.74) is 1.50. The Balaban J connectivity index is 1.61. The third-order valence-corrected chi connectivity index (χ3v) is 7.87. The van der Waals surface area contributed by atoms with Gasteiger partial charge >= 0.3 is 6.09 Å². The van der Waals surface area contributed by atoms with E-state index in [1.807, 2.05) is 80.6 Å². The quantitative estimate of drug-likeness (QED) is 0.0873. The lowest BCUT2D eigenvalue weighted by Gasteiger charge is -2.27. The highest BCUT2D eigenvalue weighted by Crippen LogP contribution is 2.35. The van der Waals surface area contributed by atoms with Gasteiger partial charge in [-0.05, 0) is 84.8 Å². The second kappa shape index (κ2) is 15.1. The number of imidazole rings is 1. The lowest BCUT2D eigenvalue weighted by atomic mass is 9.92. The lowest BCUT2D eigenvalue weighted by molar-refractivity contribution is -0.124. The van der Waals surface area contributed by atoms with Crippen LogP contribution in [-0.4, -0.2) is 45.9 Å². The van der Waals surface area contributed by atoms with Gasteiger partial charge in [0, 0.05) is 15.1 Å². The molecular weight excluding hydrogens is 714 g/mol. The molecule has 9 nitrogen and oxygen atoms in total. The summed E-state index contributed by atoms with van der Waals surface area (Å²) in [5, 5.41) is 14.9. The van der Waals surface area contributed by atoms with Crippen LogP contribution in [-0.2, 0) is 9.53 Å². The summed E-state index contributed by atoms with van der Waals surface area (Å²) >= 11 is 8.52. The number of halogens is 3. The molecule has 0 radical (unpaired) electrons. The zero-order valence-corrected chi connectivity index (χ0v) is 28.1. The highest BCUT2D eigenvalue weighted by Gasteiger charge is 2.31. The molecule has 4 aromatic rings. The molecule has 0 fully saturated rings. The lowest BCUT2D eigenvalue weighted by Crippen LogP contribution is -2.42. The molecule has 12 heteroatoms. The third kappa shape index (κ3) is 9.41. The molecule has 1 heterocycles. The Morgan fingerprint density at radius 1 is 1.02 bits per heavy atom. The number of carbonyl (C=O) groups excluding carboxylic acids is 1. The molecule has 0 aliphatic rings. The minimum Gasteiger partial charge on any atom is -0.491 e. The Morgan fingerprint density at radius 3 is 2.33 bits per heavy atom. The van der Waals surface area contributed by atoms with Crippen molar-refractivity contribution in [2.24, 2.45) is 0 Å². The number of amides is 2. The number of aromatic nitrogens is 2. The molecule has 2 amide bonds.